The molecule has 0 unspecified atom stereocenters. The standard InChI is InChI=1S/C31H36N2O6/c1-22(2)18-27(30(36)38-20-24-14-8-4-9-15-24)32-29(35)28(34)26(19-23-12-6-3-7-13-23)33-31(37)39-21-25-16-10-5-11-17-25/h3-17,22,26-28,34H,18-21H2,1-2H3,(H,32,35)(H,33,37)/t26-,27-,28+/m1/s1. The van der Waals surface area contributed by atoms with E-state index in [1.165, 1.54) is 0 Å². The van der Waals surface area contributed by atoms with Gasteiger partial charge in [-0.3, -0.25) is 4.79 Å². The molecule has 0 aliphatic rings. The van der Waals surface area contributed by atoms with Crippen molar-refractivity contribution >= 4 is 18.0 Å². The number of benzene rings is 3. The molecule has 0 aromatic heterocycles. The molecule has 0 heterocycles. The second-order valence-corrected chi connectivity index (χ2v) is 9.73. The molecule has 0 saturated carbocycles. The minimum Gasteiger partial charge on any atom is -0.459 e. The van der Waals surface area contributed by atoms with Gasteiger partial charge in [0, 0.05) is 0 Å². The molecule has 3 atom stereocenters. The van der Waals surface area contributed by atoms with Gasteiger partial charge < -0.3 is 25.2 Å². The van der Waals surface area contributed by atoms with Crippen molar-refractivity contribution in [1.82, 2.24) is 10.6 Å². The molecule has 3 aromatic carbocycles. The summed E-state index contributed by atoms with van der Waals surface area (Å²) in [6.45, 7) is 3.94. The Balaban J connectivity index is 1.66. The summed E-state index contributed by atoms with van der Waals surface area (Å²) in [6.07, 6.45) is -1.93. The van der Waals surface area contributed by atoms with E-state index < -0.39 is 36.2 Å². The van der Waals surface area contributed by atoms with Gasteiger partial charge in [0.15, 0.2) is 6.10 Å². The van der Waals surface area contributed by atoms with Crippen molar-refractivity contribution in [1.29, 1.82) is 0 Å². The van der Waals surface area contributed by atoms with Crippen molar-refractivity contribution in [3.8, 4) is 0 Å². The summed E-state index contributed by atoms with van der Waals surface area (Å²) in [4.78, 5) is 38.6. The maximum absolute atomic E-state index is 13.1. The zero-order chi connectivity index (χ0) is 28.0. The quantitative estimate of drug-likeness (QED) is 0.285. The van der Waals surface area contributed by atoms with Gasteiger partial charge in [-0.25, -0.2) is 9.59 Å². The molecule has 3 aromatic rings. The molecule has 8 heteroatoms. The van der Waals surface area contributed by atoms with Crippen LogP contribution in [0.4, 0.5) is 4.79 Å². The lowest BCUT2D eigenvalue weighted by Gasteiger charge is -2.26. The molecule has 3 N–H and O–H groups in total. The Kier molecular flexibility index (Phi) is 11.5. The van der Waals surface area contributed by atoms with E-state index in [2.05, 4.69) is 10.6 Å². The van der Waals surface area contributed by atoms with Crippen LogP contribution < -0.4 is 10.6 Å². The summed E-state index contributed by atoms with van der Waals surface area (Å²) in [6, 6.07) is 25.6. The van der Waals surface area contributed by atoms with Crippen molar-refractivity contribution < 1.29 is 29.0 Å². The molecule has 0 radical (unpaired) electrons. The third-order valence-electron chi connectivity index (χ3n) is 6.00. The van der Waals surface area contributed by atoms with Crippen molar-refractivity contribution in [3.63, 3.8) is 0 Å². The molecule has 0 fully saturated rings. The molecular weight excluding hydrogens is 496 g/mol. The smallest absolute Gasteiger partial charge is 0.407 e. The van der Waals surface area contributed by atoms with Gasteiger partial charge in [0.25, 0.3) is 5.91 Å². The van der Waals surface area contributed by atoms with Gasteiger partial charge in [0.2, 0.25) is 0 Å². The number of hydrogen-bond donors (Lipinski definition) is 3. The lowest BCUT2D eigenvalue weighted by molar-refractivity contribution is -0.150. The number of alkyl carbamates (subject to hydrolysis) is 1. The van der Waals surface area contributed by atoms with Gasteiger partial charge in [-0.2, -0.15) is 0 Å². The van der Waals surface area contributed by atoms with Crippen LogP contribution in [0.15, 0.2) is 91.0 Å². The first kappa shape index (κ1) is 29.4. The highest BCUT2D eigenvalue weighted by Crippen LogP contribution is 2.12. The summed E-state index contributed by atoms with van der Waals surface area (Å²) in [5, 5.41) is 16.3. The number of aliphatic hydroxyl groups is 1. The second-order valence-electron chi connectivity index (χ2n) is 9.73. The first-order valence-corrected chi connectivity index (χ1v) is 13.0. The van der Waals surface area contributed by atoms with E-state index in [0.717, 1.165) is 16.7 Å². The number of hydrogen-bond acceptors (Lipinski definition) is 6. The number of carbonyl (C=O) groups is 3. The average Bonchev–Trinajstić information content (AvgIpc) is 2.95. The molecule has 2 amide bonds. The van der Waals surface area contributed by atoms with Crippen LogP contribution in [0.2, 0.25) is 0 Å². The number of aliphatic hydroxyl groups excluding tert-OH is 1. The number of rotatable bonds is 13. The predicted octanol–water partition coefficient (Wildman–Crippen LogP) is 4.16. The monoisotopic (exact) mass is 532 g/mol. The maximum Gasteiger partial charge on any atom is 0.407 e. The Morgan fingerprint density at radius 3 is 1.72 bits per heavy atom. The SMILES string of the molecule is CC(C)C[C@@H](NC(=O)[C@@H](O)[C@@H](Cc1ccccc1)NC(=O)OCc1ccccc1)C(=O)OCc1ccccc1. The van der Waals surface area contributed by atoms with Gasteiger partial charge in [-0.1, -0.05) is 105 Å². The molecule has 39 heavy (non-hydrogen) atoms. The van der Waals surface area contributed by atoms with E-state index in [-0.39, 0.29) is 25.6 Å². The van der Waals surface area contributed by atoms with Crippen LogP contribution in [0.25, 0.3) is 0 Å². The van der Waals surface area contributed by atoms with Crippen molar-refractivity contribution in [2.24, 2.45) is 5.92 Å². The number of carbonyl (C=O) groups excluding carboxylic acids is 3. The van der Waals surface area contributed by atoms with Crippen LogP contribution >= 0.6 is 0 Å². The van der Waals surface area contributed by atoms with Gasteiger partial charge in [-0.15, -0.1) is 0 Å². The van der Waals surface area contributed by atoms with Crippen LogP contribution in [-0.2, 0) is 38.7 Å². The molecule has 0 spiro atoms. The maximum atomic E-state index is 13.1. The highest BCUT2D eigenvalue weighted by atomic mass is 16.5. The van der Waals surface area contributed by atoms with Gasteiger partial charge in [-0.05, 0) is 35.4 Å². The Labute approximate surface area is 229 Å². The lowest BCUT2D eigenvalue weighted by atomic mass is 9.99. The van der Waals surface area contributed by atoms with E-state index >= 15 is 0 Å². The van der Waals surface area contributed by atoms with Crippen LogP contribution in [0.3, 0.4) is 0 Å². The van der Waals surface area contributed by atoms with Gasteiger partial charge in [0.05, 0.1) is 6.04 Å². The van der Waals surface area contributed by atoms with Crippen molar-refractivity contribution in [2.45, 2.75) is 58.1 Å². The number of esters is 1. The summed E-state index contributed by atoms with van der Waals surface area (Å²) in [7, 11) is 0. The van der Waals surface area contributed by atoms with Crippen LogP contribution in [0.1, 0.15) is 37.0 Å². The number of ether oxygens (including phenoxy) is 2. The first-order valence-electron chi connectivity index (χ1n) is 13.0. The number of nitrogens with one attached hydrogen (secondary N) is 2. The largest absolute Gasteiger partial charge is 0.459 e. The normalized spacial score (nSPS) is 13.1. The Morgan fingerprint density at radius 1 is 0.718 bits per heavy atom. The number of amides is 2. The Hall–Kier alpha value is -4.17. The molecular formula is C31H36N2O6. The minimum absolute atomic E-state index is 0.0384. The molecule has 0 saturated heterocycles. The predicted molar refractivity (Wildman–Crippen MR) is 147 cm³/mol. The summed E-state index contributed by atoms with van der Waals surface area (Å²) < 4.78 is 10.7. The van der Waals surface area contributed by atoms with Crippen molar-refractivity contribution in [2.75, 3.05) is 0 Å². The summed E-state index contributed by atoms with van der Waals surface area (Å²) in [5.74, 6) is -1.31. The lowest BCUT2D eigenvalue weighted by Crippen LogP contribution is -2.55. The fraction of sp³-hybridized carbons (Fsp3) is 0.323. The zero-order valence-electron chi connectivity index (χ0n) is 22.3. The molecule has 0 aliphatic carbocycles. The molecule has 206 valence electrons. The molecule has 0 aliphatic heterocycles. The summed E-state index contributed by atoms with van der Waals surface area (Å²) in [5.41, 5.74) is 2.43. The topological polar surface area (TPSA) is 114 Å². The Bertz CT molecular complexity index is 1170. The second kappa shape index (κ2) is 15.3. The van der Waals surface area contributed by atoms with E-state index in [0.29, 0.717) is 6.42 Å². The van der Waals surface area contributed by atoms with Crippen LogP contribution in [-0.4, -0.2) is 41.3 Å². The molecule has 0 bridgehead atoms. The fourth-order valence-electron chi connectivity index (χ4n) is 3.98. The first-order chi connectivity index (χ1) is 18.8. The third kappa shape index (κ3) is 10.2. The van der Waals surface area contributed by atoms with Crippen molar-refractivity contribution in [3.05, 3.63) is 108 Å². The molecule has 8 nitrogen and oxygen atoms in total. The summed E-state index contributed by atoms with van der Waals surface area (Å²) >= 11 is 0. The highest BCUT2D eigenvalue weighted by molar-refractivity contribution is 5.87. The zero-order valence-corrected chi connectivity index (χ0v) is 22.3. The molecule has 3 rings (SSSR count). The van der Waals surface area contributed by atoms with Gasteiger partial charge in [0.1, 0.15) is 19.3 Å². The minimum atomic E-state index is -1.65. The average molecular weight is 533 g/mol. The van der Waals surface area contributed by atoms with E-state index in [9.17, 15) is 19.5 Å². The van der Waals surface area contributed by atoms with E-state index in [1.807, 2.05) is 105 Å². The van der Waals surface area contributed by atoms with Crippen LogP contribution in [0.5, 0.6) is 0 Å². The Morgan fingerprint density at radius 2 is 1.21 bits per heavy atom. The fourth-order valence-corrected chi connectivity index (χ4v) is 3.98. The van der Waals surface area contributed by atoms with E-state index in [4.69, 9.17) is 9.47 Å². The highest BCUT2D eigenvalue weighted by Gasteiger charge is 2.32. The van der Waals surface area contributed by atoms with Gasteiger partial charge >= 0.3 is 12.1 Å². The third-order valence-corrected chi connectivity index (χ3v) is 6.00. The van der Waals surface area contributed by atoms with E-state index in [1.54, 1.807) is 0 Å². The van der Waals surface area contributed by atoms with Crippen LogP contribution in [0, 0.1) is 5.92 Å².